The molecule has 1 aliphatic heterocycles. The summed E-state index contributed by atoms with van der Waals surface area (Å²) in [7, 11) is 0. The van der Waals surface area contributed by atoms with Gasteiger partial charge in [-0.3, -0.25) is 9.59 Å². The molecule has 3 rings (SSSR count). The number of nitrogens with zero attached hydrogens (tertiary/aromatic N) is 1. The topological polar surface area (TPSA) is 49.4 Å². The maximum absolute atomic E-state index is 13.1. The minimum absolute atomic E-state index is 0.0273. The van der Waals surface area contributed by atoms with Gasteiger partial charge in [-0.2, -0.15) is 0 Å². The number of benzene rings is 2. The highest BCUT2D eigenvalue weighted by Crippen LogP contribution is 2.35. The van der Waals surface area contributed by atoms with Gasteiger partial charge in [0, 0.05) is 32.0 Å². The van der Waals surface area contributed by atoms with Crippen LogP contribution in [-0.2, 0) is 16.1 Å². The molecule has 4 nitrogen and oxygen atoms in total. The molecule has 29 heavy (non-hydrogen) atoms. The van der Waals surface area contributed by atoms with Crippen LogP contribution >= 0.6 is 0 Å². The van der Waals surface area contributed by atoms with Crippen molar-refractivity contribution >= 4 is 11.8 Å². The van der Waals surface area contributed by atoms with E-state index in [0.29, 0.717) is 26.1 Å². The molecule has 0 spiro atoms. The number of rotatable bonds is 6. The van der Waals surface area contributed by atoms with Crippen molar-refractivity contribution in [1.82, 2.24) is 10.2 Å². The maximum Gasteiger partial charge on any atom is 0.225 e. The van der Waals surface area contributed by atoms with Crippen molar-refractivity contribution in [3.8, 4) is 0 Å². The minimum Gasteiger partial charge on any atom is -0.352 e. The first-order chi connectivity index (χ1) is 13.8. The van der Waals surface area contributed by atoms with Gasteiger partial charge in [-0.25, -0.2) is 4.39 Å². The normalized spacial score (nSPS) is 18.9. The molecule has 1 N–H and O–H groups in total. The van der Waals surface area contributed by atoms with Crippen LogP contribution in [0.2, 0.25) is 0 Å². The van der Waals surface area contributed by atoms with Gasteiger partial charge in [0.05, 0.1) is 5.92 Å². The molecule has 2 amide bonds. The summed E-state index contributed by atoms with van der Waals surface area (Å²) in [5, 5.41) is 2.98. The van der Waals surface area contributed by atoms with Crippen LogP contribution < -0.4 is 5.32 Å². The molecule has 2 aromatic rings. The van der Waals surface area contributed by atoms with E-state index in [1.165, 1.54) is 12.1 Å². The summed E-state index contributed by atoms with van der Waals surface area (Å²) in [6.07, 6.45) is 0.490. The third kappa shape index (κ3) is 5.22. The van der Waals surface area contributed by atoms with Crippen LogP contribution in [0.5, 0.6) is 0 Å². The maximum atomic E-state index is 13.1. The quantitative estimate of drug-likeness (QED) is 0.801. The zero-order chi connectivity index (χ0) is 21.0. The monoisotopic (exact) mass is 396 g/mol. The van der Waals surface area contributed by atoms with Crippen LogP contribution in [0.4, 0.5) is 4.39 Å². The van der Waals surface area contributed by atoms with E-state index in [9.17, 15) is 14.0 Å². The summed E-state index contributed by atoms with van der Waals surface area (Å²) in [5.74, 6) is -0.302. The smallest absolute Gasteiger partial charge is 0.225 e. The summed E-state index contributed by atoms with van der Waals surface area (Å²) in [4.78, 5) is 27.5. The third-order valence-corrected chi connectivity index (χ3v) is 5.56. The molecule has 0 aromatic heterocycles. The van der Waals surface area contributed by atoms with Gasteiger partial charge in [0.1, 0.15) is 5.82 Å². The molecule has 1 saturated heterocycles. The van der Waals surface area contributed by atoms with Crippen LogP contribution in [0, 0.1) is 24.6 Å². The Balaban J connectivity index is 1.76. The average Bonchev–Trinajstić information content (AvgIpc) is 3.12. The van der Waals surface area contributed by atoms with Crippen LogP contribution in [-0.4, -0.2) is 29.8 Å². The van der Waals surface area contributed by atoms with Crippen molar-refractivity contribution in [3.63, 3.8) is 0 Å². The van der Waals surface area contributed by atoms with Crippen molar-refractivity contribution < 1.29 is 14.0 Å². The van der Waals surface area contributed by atoms with Gasteiger partial charge in [-0.15, -0.1) is 0 Å². The number of carbonyl (C=O) groups is 2. The first-order valence-corrected chi connectivity index (χ1v) is 10.2. The zero-order valence-corrected chi connectivity index (χ0v) is 17.3. The lowest BCUT2D eigenvalue weighted by Crippen LogP contribution is -2.35. The molecule has 2 unspecified atom stereocenters. The molecule has 0 aliphatic carbocycles. The lowest BCUT2D eigenvalue weighted by atomic mass is 9.86. The van der Waals surface area contributed by atoms with Gasteiger partial charge >= 0.3 is 0 Å². The van der Waals surface area contributed by atoms with E-state index in [0.717, 1.165) is 16.7 Å². The van der Waals surface area contributed by atoms with Gasteiger partial charge in [0.25, 0.3) is 0 Å². The second-order valence-corrected chi connectivity index (χ2v) is 8.31. The van der Waals surface area contributed by atoms with E-state index in [1.54, 1.807) is 12.1 Å². The van der Waals surface area contributed by atoms with Crippen LogP contribution in [0.15, 0.2) is 48.5 Å². The number of likely N-dealkylation sites (tertiary alicyclic amines) is 1. The number of hydrogen-bond donors (Lipinski definition) is 1. The Morgan fingerprint density at radius 3 is 2.45 bits per heavy atom. The Morgan fingerprint density at radius 2 is 1.79 bits per heavy atom. The summed E-state index contributed by atoms with van der Waals surface area (Å²) in [6, 6.07) is 14.2. The molecule has 2 aromatic carbocycles. The molecule has 1 heterocycles. The number of amides is 2. The van der Waals surface area contributed by atoms with Gasteiger partial charge in [0.15, 0.2) is 0 Å². The Labute approximate surface area is 172 Å². The van der Waals surface area contributed by atoms with Crippen LogP contribution in [0.3, 0.4) is 0 Å². The summed E-state index contributed by atoms with van der Waals surface area (Å²) < 4.78 is 13.1. The highest BCUT2D eigenvalue weighted by Gasteiger charge is 2.40. The van der Waals surface area contributed by atoms with E-state index in [2.05, 4.69) is 11.4 Å². The largest absolute Gasteiger partial charge is 0.352 e. The molecule has 0 bridgehead atoms. The number of halogens is 1. The van der Waals surface area contributed by atoms with E-state index in [4.69, 9.17) is 0 Å². The van der Waals surface area contributed by atoms with Crippen molar-refractivity contribution in [2.24, 2.45) is 11.8 Å². The Bertz CT molecular complexity index is 863. The molecule has 2 atom stereocenters. The van der Waals surface area contributed by atoms with E-state index in [-0.39, 0.29) is 35.4 Å². The van der Waals surface area contributed by atoms with E-state index in [1.807, 2.05) is 43.9 Å². The number of aryl methyl sites for hydroxylation is 1. The van der Waals surface area contributed by atoms with Crippen LogP contribution in [0.1, 0.15) is 42.9 Å². The van der Waals surface area contributed by atoms with E-state index >= 15 is 0 Å². The van der Waals surface area contributed by atoms with Crippen molar-refractivity contribution in [2.75, 3.05) is 13.1 Å². The fraction of sp³-hybridized carbons (Fsp3) is 0.417. The fourth-order valence-electron chi connectivity index (χ4n) is 3.99. The Hall–Kier alpha value is -2.69. The highest BCUT2D eigenvalue weighted by atomic mass is 19.1. The molecular formula is C24H29FN2O2. The SMILES string of the molecule is Cc1ccccc1C1CN(C(=O)CC(C)C)CC1C(=O)NCc1ccc(F)cc1. The summed E-state index contributed by atoms with van der Waals surface area (Å²) in [6.45, 7) is 7.43. The molecule has 5 heteroatoms. The Morgan fingerprint density at radius 1 is 1.10 bits per heavy atom. The van der Waals surface area contributed by atoms with Crippen molar-refractivity contribution in [1.29, 1.82) is 0 Å². The van der Waals surface area contributed by atoms with Gasteiger partial charge in [-0.1, -0.05) is 50.2 Å². The van der Waals surface area contributed by atoms with Gasteiger partial charge in [-0.05, 0) is 41.7 Å². The third-order valence-electron chi connectivity index (χ3n) is 5.56. The average molecular weight is 397 g/mol. The molecule has 154 valence electrons. The zero-order valence-electron chi connectivity index (χ0n) is 17.3. The molecule has 1 aliphatic rings. The standard InChI is InChI=1S/C24H29FN2O2/c1-16(2)12-23(28)27-14-21(20-7-5-4-6-17(20)3)22(15-27)24(29)26-13-18-8-10-19(25)11-9-18/h4-11,16,21-22H,12-15H2,1-3H3,(H,26,29). The Kier molecular flexibility index (Phi) is 6.68. The predicted octanol–water partition coefficient (Wildman–Crippen LogP) is 4.04. The van der Waals surface area contributed by atoms with Crippen molar-refractivity contribution in [3.05, 3.63) is 71.0 Å². The number of nitrogens with one attached hydrogen (secondary N) is 1. The molecule has 0 radical (unpaired) electrons. The minimum atomic E-state index is -0.298. The second kappa shape index (κ2) is 9.21. The second-order valence-electron chi connectivity index (χ2n) is 8.31. The summed E-state index contributed by atoms with van der Waals surface area (Å²) >= 11 is 0. The van der Waals surface area contributed by atoms with Crippen molar-refractivity contribution in [2.45, 2.75) is 39.7 Å². The van der Waals surface area contributed by atoms with Gasteiger partial charge in [0.2, 0.25) is 11.8 Å². The lowest BCUT2D eigenvalue weighted by molar-refractivity contribution is -0.131. The highest BCUT2D eigenvalue weighted by molar-refractivity contribution is 5.83. The van der Waals surface area contributed by atoms with Crippen LogP contribution in [0.25, 0.3) is 0 Å². The number of carbonyl (C=O) groups excluding carboxylic acids is 2. The molecular weight excluding hydrogens is 367 g/mol. The lowest BCUT2D eigenvalue weighted by Gasteiger charge is -2.20. The predicted molar refractivity (Wildman–Crippen MR) is 112 cm³/mol. The first-order valence-electron chi connectivity index (χ1n) is 10.2. The molecule has 0 saturated carbocycles. The summed E-state index contributed by atoms with van der Waals surface area (Å²) in [5.41, 5.74) is 3.10. The number of hydrogen-bond acceptors (Lipinski definition) is 2. The molecule has 1 fully saturated rings. The fourth-order valence-corrected chi connectivity index (χ4v) is 3.99. The van der Waals surface area contributed by atoms with E-state index < -0.39 is 0 Å². The van der Waals surface area contributed by atoms with Gasteiger partial charge < -0.3 is 10.2 Å². The first kappa shape index (κ1) is 21.0.